The van der Waals surface area contributed by atoms with Crippen molar-refractivity contribution in [3.63, 3.8) is 0 Å². The van der Waals surface area contributed by atoms with E-state index in [-0.39, 0.29) is 0 Å². The van der Waals surface area contributed by atoms with E-state index in [1.165, 1.54) is 18.4 Å². The van der Waals surface area contributed by atoms with Crippen molar-refractivity contribution in [3.05, 3.63) is 29.8 Å². The molecule has 1 aliphatic rings. The molecule has 0 aromatic heterocycles. The zero-order valence-electron chi connectivity index (χ0n) is 11.5. The largest absolute Gasteiger partial charge is 0.492 e. The number of likely N-dealkylation sites (N-methyl/N-ethyl adjacent to an activating group) is 1. The normalized spacial score (nSPS) is 15.1. The van der Waals surface area contributed by atoms with Crippen molar-refractivity contribution in [1.29, 1.82) is 0 Å². The van der Waals surface area contributed by atoms with E-state index in [1.54, 1.807) is 0 Å². The molecule has 1 saturated carbocycles. The first kappa shape index (κ1) is 13.4. The van der Waals surface area contributed by atoms with Crippen LogP contribution >= 0.6 is 0 Å². The maximum absolute atomic E-state index is 5.88. The van der Waals surface area contributed by atoms with Gasteiger partial charge in [-0.2, -0.15) is 0 Å². The molecule has 100 valence electrons. The van der Waals surface area contributed by atoms with Crippen molar-refractivity contribution in [3.8, 4) is 5.75 Å². The lowest BCUT2D eigenvalue weighted by molar-refractivity contribution is 0.242. The van der Waals surface area contributed by atoms with Crippen LogP contribution in [0.2, 0.25) is 0 Å². The highest BCUT2D eigenvalue weighted by Gasteiger charge is 2.20. The first-order valence-corrected chi connectivity index (χ1v) is 6.92. The van der Waals surface area contributed by atoms with Crippen molar-refractivity contribution in [1.82, 2.24) is 10.2 Å². The van der Waals surface area contributed by atoms with Gasteiger partial charge in [0, 0.05) is 24.7 Å². The minimum absolute atomic E-state index is 0.740. The van der Waals surface area contributed by atoms with Gasteiger partial charge in [0.1, 0.15) is 12.4 Å². The molecular weight excluding hydrogens is 224 g/mol. The molecule has 3 heteroatoms. The molecule has 0 radical (unpaired) electrons. The minimum Gasteiger partial charge on any atom is -0.492 e. The lowest BCUT2D eigenvalue weighted by atomic mass is 10.2. The summed E-state index contributed by atoms with van der Waals surface area (Å²) in [6.07, 6.45) is 2.65. The number of hydrogen-bond donors (Lipinski definition) is 1. The molecule has 18 heavy (non-hydrogen) atoms. The summed E-state index contributed by atoms with van der Waals surface area (Å²) in [5.74, 6) is 1.02. The van der Waals surface area contributed by atoms with E-state index in [9.17, 15) is 0 Å². The van der Waals surface area contributed by atoms with Gasteiger partial charge in [0.25, 0.3) is 0 Å². The summed E-state index contributed by atoms with van der Waals surface area (Å²) in [6.45, 7) is 5.87. The average Bonchev–Trinajstić information content (AvgIpc) is 3.21. The third-order valence-corrected chi connectivity index (χ3v) is 3.40. The van der Waals surface area contributed by atoms with Gasteiger partial charge in [-0.1, -0.05) is 25.1 Å². The second kappa shape index (κ2) is 6.76. The van der Waals surface area contributed by atoms with Gasteiger partial charge in [-0.25, -0.2) is 0 Å². The van der Waals surface area contributed by atoms with E-state index in [4.69, 9.17) is 4.74 Å². The lowest BCUT2D eigenvalue weighted by Gasteiger charge is -2.16. The van der Waals surface area contributed by atoms with E-state index in [2.05, 4.69) is 42.4 Å². The van der Waals surface area contributed by atoms with E-state index in [0.717, 1.165) is 38.0 Å². The van der Waals surface area contributed by atoms with Gasteiger partial charge in [-0.3, -0.25) is 0 Å². The van der Waals surface area contributed by atoms with Crippen LogP contribution in [-0.4, -0.2) is 37.7 Å². The summed E-state index contributed by atoms with van der Waals surface area (Å²) in [5, 5.41) is 3.53. The van der Waals surface area contributed by atoms with Crippen LogP contribution in [0.1, 0.15) is 25.3 Å². The third kappa shape index (κ3) is 4.31. The first-order chi connectivity index (χ1) is 8.79. The summed E-state index contributed by atoms with van der Waals surface area (Å²) >= 11 is 0. The van der Waals surface area contributed by atoms with Gasteiger partial charge in [-0.15, -0.1) is 0 Å². The lowest BCUT2D eigenvalue weighted by Crippen LogP contribution is -2.24. The Balaban J connectivity index is 1.81. The second-order valence-corrected chi connectivity index (χ2v) is 5.01. The summed E-state index contributed by atoms with van der Waals surface area (Å²) < 4.78 is 5.88. The average molecular weight is 248 g/mol. The Morgan fingerprint density at radius 3 is 2.83 bits per heavy atom. The molecule has 1 N–H and O–H groups in total. The van der Waals surface area contributed by atoms with Crippen molar-refractivity contribution in [2.75, 3.05) is 26.7 Å². The summed E-state index contributed by atoms with van der Waals surface area (Å²) in [5.41, 5.74) is 1.27. The molecule has 3 nitrogen and oxygen atoms in total. The zero-order chi connectivity index (χ0) is 12.8. The van der Waals surface area contributed by atoms with Crippen molar-refractivity contribution in [2.45, 2.75) is 32.4 Å². The highest BCUT2D eigenvalue weighted by molar-refractivity contribution is 5.33. The Hall–Kier alpha value is -1.06. The highest BCUT2D eigenvalue weighted by Crippen LogP contribution is 2.22. The minimum atomic E-state index is 0.740. The van der Waals surface area contributed by atoms with Gasteiger partial charge in [0.15, 0.2) is 0 Å². The maximum Gasteiger partial charge on any atom is 0.123 e. The number of para-hydroxylation sites is 1. The molecule has 0 saturated heterocycles. The highest BCUT2D eigenvalue weighted by atomic mass is 16.5. The smallest absolute Gasteiger partial charge is 0.123 e. The first-order valence-electron chi connectivity index (χ1n) is 6.92. The molecule has 1 fully saturated rings. The van der Waals surface area contributed by atoms with Crippen LogP contribution in [0, 0.1) is 0 Å². The molecule has 1 aromatic carbocycles. The molecule has 1 aliphatic carbocycles. The standard InChI is InChI=1S/C15H24N2O/c1-3-17(2)10-11-18-15-7-5-4-6-13(15)12-16-14-8-9-14/h4-7,14,16H,3,8-12H2,1-2H3. The van der Waals surface area contributed by atoms with Crippen molar-refractivity contribution < 1.29 is 4.74 Å². The Kier molecular flexibility index (Phi) is 5.02. The van der Waals surface area contributed by atoms with Crippen molar-refractivity contribution >= 4 is 0 Å². The maximum atomic E-state index is 5.88. The fourth-order valence-electron chi connectivity index (χ4n) is 1.80. The van der Waals surface area contributed by atoms with Gasteiger partial charge in [-0.05, 0) is 32.5 Å². The number of rotatable bonds is 8. The van der Waals surface area contributed by atoms with Crippen LogP contribution in [0.5, 0.6) is 5.75 Å². The van der Waals surface area contributed by atoms with Crippen LogP contribution in [0.3, 0.4) is 0 Å². The van der Waals surface area contributed by atoms with Gasteiger partial charge < -0.3 is 15.0 Å². The summed E-state index contributed by atoms with van der Waals surface area (Å²) in [7, 11) is 2.11. The third-order valence-electron chi connectivity index (χ3n) is 3.40. The Morgan fingerprint density at radius 2 is 2.11 bits per heavy atom. The van der Waals surface area contributed by atoms with Crippen LogP contribution in [0.4, 0.5) is 0 Å². The SMILES string of the molecule is CCN(C)CCOc1ccccc1CNC1CC1. The second-order valence-electron chi connectivity index (χ2n) is 5.01. The van der Waals surface area contributed by atoms with E-state index >= 15 is 0 Å². The van der Waals surface area contributed by atoms with E-state index in [0.29, 0.717) is 0 Å². The number of nitrogens with zero attached hydrogens (tertiary/aromatic N) is 1. The summed E-state index contributed by atoms with van der Waals surface area (Å²) in [6, 6.07) is 9.07. The van der Waals surface area contributed by atoms with E-state index < -0.39 is 0 Å². The van der Waals surface area contributed by atoms with Gasteiger partial charge in [0.05, 0.1) is 0 Å². The Labute approximate surface area is 110 Å². The molecule has 0 bridgehead atoms. The number of ether oxygens (including phenoxy) is 1. The molecule has 0 aliphatic heterocycles. The Morgan fingerprint density at radius 1 is 1.33 bits per heavy atom. The van der Waals surface area contributed by atoms with Crippen LogP contribution < -0.4 is 10.1 Å². The quantitative estimate of drug-likeness (QED) is 0.764. The van der Waals surface area contributed by atoms with Crippen LogP contribution in [0.25, 0.3) is 0 Å². The Bertz CT molecular complexity index is 363. The molecule has 0 unspecified atom stereocenters. The molecule has 0 amide bonds. The van der Waals surface area contributed by atoms with Crippen molar-refractivity contribution in [2.24, 2.45) is 0 Å². The zero-order valence-corrected chi connectivity index (χ0v) is 11.5. The predicted molar refractivity (Wildman–Crippen MR) is 75.0 cm³/mol. The number of nitrogens with one attached hydrogen (secondary N) is 1. The fraction of sp³-hybridized carbons (Fsp3) is 0.600. The van der Waals surface area contributed by atoms with Crippen LogP contribution in [0.15, 0.2) is 24.3 Å². The molecule has 1 aromatic rings. The number of benzene rings is 1. The van der Waals surface area contributed by atoms with Crippen LogP contribution in [-0.2, 0) is 6.54 Å². The van der Waals surface area contributed by atoms with E-state index in [1.807, 2.05) is 6.07 Å². The van der Waals surface area contributed by atoms with Gasteiger partial charge in [0.2, 0.25) is 0 Å². The molecule has 0 atom stereocenters. The topological polar surface area (TPSA) is 24.5 Å². The molecule has 0 spiro atoms. The summed E-state index contributed by atoms with van der Waals surface area (Å²) in [4.78, 5) is 2.26. The van der Waals surface area contributed by atoms with Gasteiger partial charge >= 0.3 is 0 Å². The molecule has 0 heterocycles. The fourth-order valence-corrected chi connectivity index (χ4v) is 1.80. The monoisotopic (exact) mass is 248 g/mol. The molecular formula is C15H24N2O. The molecule has 2 rings (SSSR count). The predicted octanol–water partition coefficient (Wildman–Crippen LogP) is 2.27. The number of hydrogen-bond acceptors (Lipinski definition) is 3.